The van der Waals surface area contributed by atoms with E-state index in [0.29, 0.717) is 28.3 Å². The van der Waals surface area contributed by atoms with Crippen LogP contribution in [-0.4, -0.2) is 23.4 Å². The summed E-state index contributed by atoms with van der Waals surface area (Å²) in [5, 5.41) is 7.68. The summed E-state index contributed by atoms with van der Waals surface area (Å²) in [6.07, 6.45) is 1.53. The Kier molecular flexibility index (Phi) is 5.97. The number of hydrogen-bond donors (Lipinski definition) is 1. The lowest BCUT2D eigenvalue weighted by molar-refractivity contribution is -0.123. The second kappa shape index (κ2) is 8.59. The van der Waals surface area contributed by atoms with E-state index in [2.05, 4.69) is 31.6 Å². The molecule has 0 aliphatic rings. The number of aromatic nitrogens is 1. The van der Waals surface area contributed by atoms with E-state index in [-0.39, 0.29) is 12.4 Å². The van der Waals surface area contributed by atoms with E-state index < -0.39 is 5.91 Å². The standard InChI is InChI=1S/C19H15BrFN3O3/c1-12(13-2-5-15(21)6-3-13)23-24-19(25)11-26-17-7-4-14(20)10-16(17)18-8-9-22-27-18/h2-10H,11H2,1H3,(H,24,25)/b23-12-. The first-order valence-electron chi connectivity index (χ1n) is 7.95. The van der Waals surface area contributed by atoms with Crippen molar-refractivity contribution in [2.45, 2.75) is 6.92 Å². The van der Waals surface area contributed by atoms with E-state index in [1.54, 1.807) is 37.3 Å². The molecular weight excluding hydrogens is 417 g/mol. The maximum absolute atomic E-state index is 12.9. The Balaban J connectivity index is 1.63. The zero-order valence-electron chi connectivity index (χ0n) is 14.3. The van der Waals surface area contributed by atoms with E-state index in [9.17, 15) is 9.18 Å². The molecule has 27 heavy (non-hydrogen) atoms. The molecule has 1 aromatic heterocycles. The van der Waals surface area contributed by atoms with Crippen LogP contribution >= 0.6 is 15.9 Å². The van der Waals surface area contributed by atoms with E-state index in [1.165, 1.54) is 18.3 Å². The van der Waals surface area contributed by atoms with Gasteiger partial charge >= 0.3 is 0 Å². The van der Waals surface area contributed by atoms with Crippen molar-refractivity contribution in [1.29, 1.82) is 0 Å². The number of rotatable bonds is 6. The molecule has 0 bridgehead atoms. The summed E-state index contributed by atoms with van der Waals surface area (Å²) in [5.41, 5.74) is 4.34. The van der Waals surface area contributed by atoms with Crippen molar-refractivity contribution in [3.05, 3.63) is 70.6 Å². The van der Waals surface area contributed by atoms with Crippen LogP contribution in [0.1, 0.15) is 12.5 Å². The average molecular weight is 432 g/mol. The van der Waals surface area contributed by atoms with Crippen LogP contribution in [0.3, 0.4) is 0 Å². The van der Waals surface area contributed by atoms with Crippen LogP contribution in [0.4, 0.5) is 4.39 Å². The highest BCUT2D eigenvalue weighted by Gasteiger charge is 2.12. The summed E-state index contributed by atoms with van der Waals surface area (Å²) in [7, 11) is 0. The highest BCUT2D eigenvalue weighted by Crippen LogP contribution is 2.32. The summed E-state index contributed by atoms with van der Waals surface area (Å²) in [5.74, 6) is 0.241. The van der Waals surface area contributed by atoms with Crippen LogP contribution < -0.4 is 10.2 Å². The van der Waals surface area contributed by atoms with E-state index in [0.717, 1.165) is 4.47 Å². The zero-order chi connectivity index (χ0) is 19.2. The fourth-order valence-corrected chi connectivity index (χ4v) is 2.61. The number of hydrogen-bond acceptors (Lipinski definition) is 5. The van der Waals surface area contributed by atoms with Gasteiger partial charge in [0.15, 0.2) is 12.4 Å². The first-order chi connectivity index (χ1) is 13.0. The molecule has 0 saturated heterocycles. The lowest BCUT2D eigenvalue weighted by Crippen LogP contribution is -2.25. The molecule has 1 N–H and O–H groups in total. The molecule has 1 heterocycles. The quantitative estimate of drug-likeness (QED) is 0.469. The zero-order valence-corrected chi connectivity index (χ0v) is 15.9. The number of amides is 1. The Hall–Kier alpha value is -3.00. The minimum atomic E-state index is -0.428. The van der Waals surface area contributed by atoms with Crippen molar-refractivity contribution >= 4 is 27.5 Å². The van der Waals surface area contributed by atoms with Crippen LogP contribution in [0, 0.1) is 5.82 Å². The Morgan fingerprint density at radius 2 is 2.04 bits per heavy atom. The first-order valence-corrected chi connectivity index (χ1v) is 8.74. The third-order valence-corrected chi connectivity index (χ3v) is 4.11. The Morgan fingerprint density at radius 1 is 1.26 bits per heavy atom. The predicted octanol–water partition coefficient (Wildman–Crippen LogP) is 4.16. The van der Waals surface area contributed by atoms with Crippen molar-refractivity contribution in [3.63, 3.8) is 0 Å². The van der Waals surface area contributed by atoms with Gasteiger partial charge in [0, 0.05) is 10.5 Å². The SMILES string of the molecule is C/C(=N/NC(=O)COc1ccc(Br)cc1-c1ccno1)c1ccc(F)cc1. The molecule has 0 radical (unpaired) electrons. The van der Waals surface area contributed by atoms with Gasteiger partial charge in [-0.2, -0.15) is 5.10 Å². The Labute approximate surface area is 163 Å². The normalized spacial score (nSPS) is 11.3. The molecule has 0 spiro atoms. The number of nitrogens with zero attached hydrogens (tertiary/aromatic N) is 2. The molecule has 0 atom stereocenters. The number of carbonyl (C=O) groups is 1. The van der Waals surface area contributed by atoms with Crippen LogP contribution in [-0.2, 0) is 4.79 Å². The molecule has 6 nitrogen and oxygen atoms in total. The number of benzene rings is 2. The first kappa shape index (κ1) is 18.8. The molecule has 0 aliphatic heterocycles. The second-order valence-electron chi connectivity index (χ2n) is 5.54. The van der Waals surface area contributed by atoms with Gasteiger partial charge in [-0.15, -0.1) is 0 Å². The number of ether oxygens (including phenoxy) is 1. The fourth-order valence-electron chi connectivity index (χ4n) is 2.25. The molecule has 0 saturated carbocycles. The maximum atomic E-state index is 12.9. The molecular formula is C19H15BrFN3O3. The molecule has 0 aliphatic carbocycles. The third-order valence-electron chi connectivity index (χ3n) is 3.61. The number of nitrogens with one attached hydrogen (secondary N) is 1. The lowest BCUT2D eigenvalue weighted by atomic mass is 10.1. The van der Waals surface area contributed by atoms with Crippen molar-refractivity contribution in [1.82, 2.24) is 10.6 Å². The summed E-state index contributed by atoms with van der Waals surface area (Å²) in [4.78, 5) is 12.0. The number of halogens is 2. The minimum absolute atomic E-state index is 0.233. The van der Waals surface area contributed by atoms with E-state index in [4.69, 9.17) is 9.26 Å². The number of hydrazone groups is 1. The topological polar surface area (TPSA) is 76.7 Å². The van der Waals surface area contributed by atoms with Gasteiger partial charge < -0.3 is 9.26 Å². The van der Waals surface area contributed by atoms with Gasteiger partial charge in [0.2, 0.25) is 0 Å². The molecule has 3 rings (SSSR count). The van der Waals surface area contributed by atoms with Gasteiger partial charge in [0.25, 0.3) is 5.91 Å². The van der Waals surface area contributed by atoms with Crippen LogP contribution in [0.25, 0.3) is 11.3 Å². The molecule has 0 unspecified atom stereocenters. The molecule has 2 aromatic carbocycles. The average Bonchev–Trinajstić information content (AvgIpc) is 3.20. The van der Waals surface area contributed by atoms with Gasteiger partial charge in [0.05, 0.1) is 17.5 Å². The summed E-state index contributed by atoms with van der Waals surface area (Å²) in [6, 6.07) is 12.9. The van der Waals surface area contributed by atoms with E-state index >= 15 is 0 Å². The highest BCUT2D eigenvalue weighted by atomic mass is 79.9. The maximum Gasteiger partial charge on any atom is 0.277 e. The summed E-state index contributed by atoms with van der Waals surface area (Å²) in [6.45, 7) is 1.48. The Morgan fingerprint density at radius 3 is 2.74 bits per heavy atom. The van der Waals surface area contributed by atoms with Crippen molar-refractivity contribution in [2.75, 3.05) is 6.61 Å². The largest absolute Gasteiger partial charge is 0.483 e. The van der Waals surface area contributed by atoms with Gasteiger partial charge in [-0.1, -0.05) is 33.2 Å². The highest BCUT2D eigenvalue weighted by molar-refractivity contribution is 9.10. The van der Waals surface area contributed by atoms with Gasteiger partial charge in [-0.25, -0.2) is 9.82 Å². The minimum Gasteiger partial charge on any atom is -0.483 e. The van der Waals surface area contributed by atoms with Crippen molar-refractivity contribution < 1.29 is 18.4 Å². The Bertz CT molecular complexity index is 957. The van der Waals surface area contributed by atoms with Crippen LogP contribution in [0.15, 0.2) is 68.8 Å². The molecule has 138 valence electrons. The van der Waals surface area contributed by atoms with Gasteiger partial charge in [-0.05, 0) is 42.8 Å². The smallest absolute Gasteiger partial charge is 0.277 e. The van der Waals surface area contributed by atoms with Gasteiger partial charge in [0.1, 0.15) is 11.6 Å². The van der Waals surface area contributed by atoms with Gasteiger partial charge in [-0.3, -0.25) is 4.79 Å². The molecule has 0 fully saturated rings. The van der Waals surface area contributed by atoms with E-state index in [1.807, 2.05) is 6.07 Å². The second-order valence-corrected chi connectivity index (χ2v) is 6.46. The van der Waals surface area contributed by atoms with Crippen LogP contribution in [0.2, 0.25) is 0 Å². The molecule has 3 aromatic rings. The summed E-state index contributed by atoms with van der Waals surface area (Å²) < 4.78 is 24.5. The number of carbonyl (C=O) groups excluding carboxylic acids is 1. The van der Waals surface area contributed by atoms with Crippen molar-refractivity contribution in [2.24, 2.45) is 5.10 Å². The lowest BCUT2D eigenvalue weighted by Gasteiger charge is -2.10. The monoisotopic (exact) mass is 431 g/mol. The van der Waals surface area contributed by atoms with Crippen molar-refractivity contribution in [3.8, 4) is 17.1 Å². The van der Waals surface area contributed by atoms with Crippen LogP contribution in [0.5, 0.6) is 5.75 Å². The fraction of sp³-hybridized carbons (Fsp3) is 0.105. The summed E-state index contributed by atoms with van der Waals surface area (Å²) >= 11 is 3.39. The third kappa shape index (κ3) is 5.01. The predicted molar refractivity (Wildman–Crippen MR) is 102 cm³/mol. The molecule has 1 amide bonds. The molecule has 8 heteroatoms.